The number of aromatic nitrogens is 3. The average molecular weight is 386 g/mol. The van der Waals surface area contributed by atoms with Crippen molar-refractivity contribution in [2.45, 2.75) is 30.7 Å². The van der Waals surface area contributed by atoms with Gasteiger partial charge in [0.1, 0.15) is 11.6 Å². The van der Waals surface area contributed by atoms with Crippen LogP contribution in [0, 0.1) is 5.82 Å². The number of hydrogen-bond acceptors (Lipinski definition) is 6. The molecule has 0 aliphatic carbocycles. The fourth-order valence-electron chi connectivity index (χ4n) is 3.54. The number of carbonyl (C=O) groups excluding carboxylic acids is 1. The van der Waals surface area contributed by atoms with Gasteiger partial charge in [-0.3, -0.25) is 0 Å². The SMILES string of the molecule is CCOC(=O)c1cnc2ccc(N3CCC[C@@H]3c3cc(F)cc(S)c3)nn12. The van der Waals surface area contributed by atoms with Crippen LogP contribution in [0.1, 0.15) is 41.9 Å². The molecule has 27 heavy (non-hydrogen) atoms. The Kier molecular flexibility index (Phi) is 4.73. The van der Waals surface area contributed by atoms with E-state index >= 15 is 0 Å². The highest BCUT2D eigenvalue weighted by atomic mass is 32.1. The Morgan fingerprint density at radius 2 is 2.22 bits per heavy atom. The van der Waals surface area contributed by atoms with Gasteiger partial charge in [-0.05, 0) is 55.7 Å². The zero-order valence-corrected chi connectivity index (χ0v) is 15.7. The Morgan fingerprint density at radius 3 is 3.00 bits per heavy atom. The molecule has 1 saturated heterocycles. The summed E-state index contributed by atoms with van der Waals surface area (Å²) in [5.74, 6) is -0.0528. The summed E-state index contributed by atoms with van der Waals surface area (Å²) in [6.45, 7) is 2.83. The van der Waals surface area contributed by atoms with Gasteiger partial charge in [0, 0.05) is 11.4 Å². The Labute approximate surface area is 161 Å². The van der Waals surface area contributed by atoms with Crippen molar-refractivity contribution in [1.29, 1.82) is 0 Å². The number of imidazole rings is 1. The number of thiol groups is 1. The van der Waals surface area contributed by atoms with Crippen molar-refractivity contribution in [3.05, 3.63) is 53.6 Å². The second-order valence-electron chi connectivity index (χ2n) is 6.42. The Morgan fingerprint density at radius 1 is 1.37 bits per heavy atom. The van der Waals surface area contributed by atoms with E-state index in [4.69, 9.17) is 4.74 Å². The minimum absolute atomic E-state index is 0.00566. The highest BCUT2D eigenvalue weighted by Gasteiger charge is 2.28. The molecule has 1 aliphatic rings. The quantitative estimate of drug-likeness (QED) is 0.548. The van der Waals surface area contributed by atoms with E-state index in [1.165, 1.54) is 16.8 Å². The van der Waals surface area contributed by atoms with Gasteiger partial charge in [-0.2, -0.15) is 0 Å². The molecule has 0 radical (unpaired) electrons. The number of fused-ring (bicyclic) bond motifs is 1. The van der Waals surface area contributed by atoms with Crippen LogP contribution in [0.15, 0.2) is 41.4 Å². The number of benzene rings is 1. The molecule has 0 spiro atoms. The number of hydrogen-bond donors (Lipinski definition) is 1. The van der Waals surface area contributed by atoms with Crippen molar-refractivity contribution >= 4 is 30.1 Å². The third-order valence-electron chi connectivity index (χ3n) is 4.67. The fraction of sp³-hybridized carbons (Fsp3) is 0.316. The molecule has 2 aromatic heterocycles. The van der Waals surface area contributed by atoms with Crippen LogP contribution >= 0.6 is 12.6 Å². The number of carbonyl (C=O) groups is 1. The molecule has 140 valence electrons. The van der Waals surface area contributed by atoms with Crippen molar-refractivity contribution in [2.24, 2.45) is 0 Å². The number of rotatable bonds is 4. The van der Waals surface area contributed by atoms with Crippen molar-refractivity contribution in [1.82, 2.24) is 14.6 Å². The monoisotopic (exact) mass is 386 g/mol. The van der Waals surface area contributed by atoms with Gasteiger partial charge < -0.3 is 9.64 Å². The first-order valence-electron chi connectivity index (χ1n) is 8.85. The highest BCUT2D eigenvalue weighted by Crippen LogP contribution is 2.36. The lowest BCUT2D eigenvalue weighted by Gasteiger charge is -2.26. The Balaban J connectivity index is 1.72. The van der Waals surface area contributed by atoms with Gasteiger partial charge in [0.25, 0.3) is 0 Å². The van der Waals surface area contributed by atoms with Gasteiger partial charge in [0.15, 0.2) is 11.3 Å². The van der Waals surface area contributed by atoms with E-state index in [2.05, 4.69) is 27.6 Å². The van der Waals surface area contributed by atoms with Gasteiger partial charge in [-0.1, -0.05) is 0 Å². The second-order valence-corrected chi connectivity index (χ2v) is 6.94. The van der Waals surface area contributed by atoms with Crippen LogP contribution in [0.2, 0.25) is 0 Å². The third-order valence-corrected chi connectivity index (χ3v) is 4.93. The summed E-state index contributed by atoms with van der Waals surface area (Å²) >= 11 is 4.29. The largest absolute Gasteiger partial charge is 0.461 e. The van der Waals surface area contributed by atoms with Crippen LogP contribution in [0.5, 0.6) is 0 Å². The van der Waals surface area contributed by atoms with Crippen molar-refractivity contribution < 1.29 is 13.9 Å². The highest BCUT2D eigenvalue weighted by molar-refractivity contribution is 7.80. The molecular formula is C19H19FN4O2S. The molecule has 0 unspecified atom stereocenters. The van der Waals surface area contributed by atoms with E-state index in [1.54, 1.807) is 13.0 Å². The van der Waals surface area contributed by atoms with E-state index in [9.17, 15) is 9.18 Å². The first-order chi connectivity index (χ1) is 13.1. The maximum Gasteiger partial charge on any atom is 0.358 e. The van der Waals surface area contributed by atoms with Gasteiger partial charge in [0.05, 0.1) is 18.8 Å². The molecule has 0 bridgehead atoms. The van der Waals surface area contributed by atoms with E-state index in [-0.39, 0.29) is 24.2 Å². The first-order valence-corrected chi connectivity index (χ1v) is 9.29. The number of nitrogens with zero attached hydrogens (tertiary/aromatic N) is 4. The molecular weight excluding hydrogens is 367 g/mol. The van der Waals surface area contributed by atoms with Crippen LogP contribution in [0.3, 0.4) is 0 Å². The van der Waals surface area contributed by atoms with Crippen molar-refractivity contribution in [2.75, 3.05) is 18.1 Å². The van der Waals surface area contributed by atoms with Crippen LogP contribution in [-0.4, -0.2) is 33.7 Å². The summed E-state index contributed by atoms with van der Waals surface area (Å²) in [5, 5.41) is 4.61. The number of ether oxygens (including phenoxy) is 1. The zero-order valence-electron chi connectivity index (χ0n) is 14.8. The standard InChI is InChI=1S/C19H19FN4O2S/c1-2-26-19(25)16-11-21-17-5-6-18(22-24(16)17)23-7-3-4-15(23)12-8-13(20)10-14(27)9-12/h5-6,8-11,15,27H,2-4,7H2,1H3/t15-/m1/s1. The van der Waals surface area contributed by atoms with E-state index in [0.29, 0.717) is 16.4 Å². The van der Waals surface area contributed by atoms with E-state index < -0.39 is 5.97 Å². The molecule has 0 amide bonds. The minimum Gasteiger partial charge on any atom is -0.461 e. The number of esters is 1. The van der Waals surface area contributed by atoms with Gasteiger partial charge in [0.2, 0.25) is 0 Å². The lowest BCUT2D eigenvalue weighted by molar-refractivity contribution is 0.0517. The summed E-state index contributed by atoms with van der Waals surface area (Å²) in [7, 11) is 0. The second kappa shape index (κ2) is 7.19. The third kappa shape index (κ3) is 3.37. The van der Waals surface area contributed by atoms with Gasteiger partial charge in [-0.15, -0.1) is 17.7 Å². The molecule has 6 nitrogen and oxygen atoms in total. The number of anilines is 1. The molecule has 1 atom stereocenters. The van der Waals surface area contributed by atoms with Gasteiger partial charge in [-0.25, -0.2) is 18.7 Å². The topological polar surface area (TPSA) is 59.7 Å². The molecule has 0 N–H and O–H groups in total. The smallest absolute Gasteiger partial charge is 0.358 e. The van der Waals surface area contributed by atoms with Crippen LogP contribution in [0.25, 0.3) is 5.65 Å². The molecule has 8 heteroatoms. The molecule has 4 rings (SSSR count). The van der Waals surface area contributed by atoms with Gasteiger partial charge >= 0.3 is 5.97 Å². The lowest BCUT2D eigenvalue weighted by atomic mass is 10.0. The molecule has 1 aromatic carbocycles. The summed E-state index contributed by atoms with van der Waals surface area (Å²) in [4.78, 5) is 19.1. The molecule has 3 heterocycles. The molecule has 1 aliphatic heterocycles. The Bertz CT molecular complexity index is 986. The predicted molar refractivity (Wildman–Crippen MR) is 102 cm³/mol. The first kappa shape index (κ1) is 17.8. The summed E-state index contributed by atoms with van der Waals surface area (Å²) in [6, 6.07) is 8.52. The predicted octanol–water partition coefficient (Wildman–Crippen LogP) is 3.68. The summed E-state index contributed by atoms with van der Waals surface area (Å²) in [6.07, 6.45) is 3.33. The summed E-state index contributed by atoms with van der Waals surface area (Å²) < 4.78 is 20.4. The Hall–Kier alpha value is -2.61. The molecule has 1 fully saturated rings. The maximum absolute atomic E-state index is 13.8. The normalized spacial score (nSPS) is 16.9. The number of halogens is 1. The zero-order chi connectivity index (χ0) is 19.0. The fourth-order valence-corrected chi connectivity index (χ4v) is 3.81. The van der Waals surface area contributed by atoms with Crippen LogP contribution in [-0.2, 0) is 4.74 Å². The van der Waals surface area contributed by atoms with Crippen molar-refractivity contribution in [3.63, 3.8) is 0 Å². The molecule has 3 aromatic rings. The van der Waals surface area contributed by atoms with Crippen LogP contribution < -0.4 is 4.90 Å². The van der Waals surface area contributed by atoms with Crippen molar-refractivity contribution in [3.8, 4) is 0 Å². The van der Waals surface area contributed by atoms with Crippen LogP contribution in [0.4, 0.5) is 10.2 Å². The average Bonchev–Trinajstić information content (AvgIpc) is 3.27. The summed E-state index contributed by atoms with van der Waals surface area (Å²) in [5.41, 5.74) is 1.73. The van der Waals surface area contributed by atoms with E-state index in [0.717, 1.165) is 24.9 Å². The lowest BCUT2D eigenvalue weighted by Crippen LogP contribution is -2.24. The van der Waals surface area contributed by atoms with E-state index in [1.807, 2.05) is 18.2 Å². The molecule has 0 saturated carbocycles. The minimum atomic E-state index is -0.461. The maximum atomic E-state index is 13.8.